The number of nitrogens with two attached hydrogens (primary N) is 2. The zero-order valence-electron chi connectivity index (χ0n) is 21.2. The van der Waals surface area contributed by atoms with Crippen molar-refractivity contribution in [1.82, 2.24) is 29.1 Å². The smallest absolute Gasteiger partial charge is 0.387 e. The van der Waals surface area contributed by atoms with Crippen LogP contribution in [0, 0.1) is 0 Å². The van der Waals surface area contributed by atoms with Crippen LogP contribution in [0.1, 0.15) is 18.9 Å². The summed E-state index contributed by atoms with van der Waals surface area (Å²) in [5, 5.41) is 21.1. The molecule has 0 bridgehead atoms. The maximum absolute atomic E-state index is 12.9. The molecule has 4 unspecified atom stereocenters. The molecule has 2 fully saturated rings. The number of ether oxygens (including phenoxy) is 2. The molecule has 8 atom stereocenters. The Bertz CT molecular complexity index is 1600. The first kappa shape index (κ1) is 30.5. The van der Waals surface area contributed by atoms with E-state index in [4.69, 9.17) is 39.8 Å². The van der Waals surface area contributed by atoms with E-state index in [1.54, 1.807) is 0 Å². The molecule has 0 aromatic carbocycles. The number of nitrogen functional groups attached to an aromatic ring is 2. The molecule has 230 valence electrons. The van der Waals surface area contributed by atoms with E-state index < -0.39 is 77.5 Å². The lowest BCUT2D eigenvalue weighted by Gasteiger charge is -2.22. The number of aromatic nitrogens is 6. The van der Waals surface area contributed by atoms with Gasteiger partial charge in [-0.05, 0) is 6.07 Å². The molecule has 21 nitrogen and oxygen atoms in total. The number of imidazole rings is 1. The first-order chi connectivity index (χ1) is 19.7. The van der Waals surface area contributed by atoms with Gasteiger partial charge in [-0.15, -0.1) is 0 Å². The zero-order chi connectivity index (χ0) is 30.4. The molecule has 2 aliphatic rings. The Balaban J connectivity index is 1.26. The summed E-state index contributed by atoms with van der Waals surface area (Å²) in [6.07, 6.45) is -6.12. The van der Waals surface area contributed by atoms with Gasteiger partial charge in [0, 0.05) is 12.6 Å². The van der Waals surface area contributed by atoms with Gasteiger partial charge in [-0.2, -0.15) is 4.98 Å². The van der Waals surface area contributed by atoms with Crippen molar-refractivity contribution in [2.75, 3.05) is 24.7 Å². The molecule has 0 saturated carbocycles. The molecule has 2 saturated heterocycles. The highest BCUT2D eigenvalue weighted by atomic mass is 31.2. The van der Waals surface area contributed by atoms with Crippen LogP contribution in [0.2, 0.25) is 0 Å². The Kier molecular flexibility index (Phi) is 8.47. The monoisotopic (exact) mass is 636 g/mol. The van der Waals surface area contributed by atoms with E-state index in [1.807, 2.05) is 0 Å². The second kappa shape index (κ2) is 11.6. The topological polar surface area (TPSA) is 312 Å². The Morgan fingerprint density at radius 1 is 1.00 bits per heavy atom. The highest BCUT2D eigenvalue weighted by Gasteiger charge is 2.47. The highest BCUT2D eigenvalue weighted by molar-refractivity contribution is 7.47. The Labute approximate surface area is 234 Å². The number of hydrogen-bond acceptors (Lipinski definition) is 16. The molecule has 5 rings (SSSR count). The van der Waals surface area contributed by atoms with Gasteiger partial charge in [-0.25, -0.2) is 28.9 Å². The summed E-state index contributed by atoms with van der Waals surface area (Å²) >= 11 is 0. The van der Waals surface area contributed by atoms with Crippen molar-refractivity contribution < 1.29 is 57.1 Å². The van der Waals surface area contributed by atoms with Crippen molar-refractivity contribution in [3.63, 3.8) is 0 Å². The van der Waals surface area contributed by atoms with Crippen molar-refractivity contribution >= 4 is 38.4 Å². The standard InChI is InChI=1S/C19H26N8O13P2/c20-11-1-2-26(19(30)25-11)12-3-8(9(38-12)4-36-41(31,32)33)40-42(34,35)37-5-10-14(28)15(29)18(39-10)27-7-24-13-16(21)22-6-23-17(13)27/h1-2,6-10,12,14-15,18,28-29H,3-5H2,(H,34,35)(H2,20,25,30)(H2,21,22,23)(H2,31,32,33)/t8?,9-,10?,12-,14-,15-,18?/m1/s1. The van der Waals surface area contributed by atoms with Gasteiger partial charge in [0.25, 0.3) is 0 Å². The number of phosphoric ester groups is 2. The molecule has 0 spiro atoms. The van der Waals surface area contributed by atoms with Gasteiger partial charge in [0.15, 0.2) is 17.7 Å². The number of fused-ring (bicyclic) bond motifs is 1. The highest BCUT2D eigenvalue weighted by Crippen LogP contribution is 2.49. The minimum atomic E-state index is -4.99. The predicted octanol–water partition coefficient (Wildman–Crippen LogP) is -2.23. The summed E-state index contributed by atoms with van der Waals surface area (Å²) in [6, 6.07) is 1.29. The fraction of sp³-hybridized carbons (Fsp3) is 0.526. The summed E-state index contributed by atoms with van der Waals surface area (Å²) in [7, 11) is -9.96. The van der Waals surface area contributed by atoms with Gasteiger partial charge < -0.3 is 45.8 Å². The third kappa shape index (κ3) is 6.52. The molecule has 2 aliphatic heterocycles. The van der Waals surface area contributed by atoms with Crippen LogP contribution >= 0.6 is 15.6 Å². The lowest BCUT2D eigenvalue weighted by atomic mass is 10.1. The van der Waals surface area contributed by atoms with Crippen molar-refractivity contribution in [3.8, 4) is 0 Å². The van der Waals surface area contributed by atoms with E-state index in [1.165, 1.54) is 29.5 Å². The maximum atomic E-state index is 12.9. The summed E-state index contributed by atoms with van der Waals surface area (Å²) in [4.78, 5) is 56.3. The molecule has 0 aliphatic carbocycles. The lowest BCUT2D eigenvalue weighted by molar-refractivity contribution is -0.0588. The van der Waals surface area contributed by atoms with Gasteiger partial charge in [0.05, 0.1) is 19.5 Å². The maximum Gasteiger partial charge on any atom is 0.472 e. The van der Waals surface area contributed by atoms with Gasteiger partial charge in [-0.3, -0.25) is 22.7 Å². The van der Waals surface area contributed by atoms with E-state index in [0.717, 1.165) is 4.57 Å². The van der Waals surface area contributed by atoms with Crippen molar-refractivity contribution in [2.45, 2.75) is 49.4 Å². The number of phosphoric acid groups is 2. The van der Waals surface area contributed by atoms with Crippen LogP contribution in [-0.2, 0) is 32.2 Å². The molecule has 3 aromatic rings. The molecule has 5 heterocycles. The van der Waals surface area contributed by atoms with Gasteiger partial charge in [0.1, 0.15) is 54.4 Å². The molecule has 3 aromatic heterocycles. The fourth-order valence-corrected chi connectivity index (χ4v) is 5.77. The molecule has 23 heteroatoms. The van der Waals surface area contributed by atoms with Crippen molar-refractivity contribution in [1.29, 1.82) is 0 Å². The molecule has 42 heavy (non-hydrogen) atoms. The Hall–Kier alpha value is -2.91. The molecule has 9 N–H and O–H groups in total. The summed E-state index contributed by atoms with van der Waals surface area (Å²) in [5.74, 6) is 0.00388. The van der Waals surface area contributed by atoms with Crippen molar-refractivity contribution in [3.05, 3.63) is 35.4 Å². The van der Waals surface area contributed by atoms with E-state index >= 15 is 0 Å². The van der Waals surface area contributed by atoms with Gasteiger partial charge in [-0.1, -0.05) is 0 Å². The largest absolute Gasteiger partial charge is 0.472 e. The third-order valence-corrected chi connectivity index (χ3v) is 7.92. The number of aliphatic hydroxyl groups is 2. The van der Waals surface area contributed by atoms with Crippen LogP contribution in [0.25, 0.3) is 11.2 Å². The predicted molar refractivity (Wildman–Crippen MR) is 136 cm³/mol. The van der Waals surface area contributed by atoms with Crippen LogP contribution in [0.3, 0.4) is 0 Å². The molecular weight excluding hydrogens is 610 g/mol. The normalized spacial score (nSPS) is 29.7. The Morgan fingerprint density at radius 2 is 1.74 bits per heavy atom. The second-order valence-electron chi connectivity index (χ2n) is 9.23. The summed E-state index contributed by atoms with van der Waals surface area (Å²) in [6.45, 7) is -1.53. The molecule has 0 amide bonds. The van der Waals surface area contributed by atoms with Crippen LogP contribution in [0.4, 0.5) is 11.6 Å². The number of rotatable bonds is 10. The van der Waals surface area contributed by atoms with E-state index in [2.05, 4.69) is 24.5 Å². The summed E-state index contributed by atoms with van der Waals surface area (Å²) < 4.78 is 52.3. The molecule has 0 radical (unpaired) electrons. The first-order valence-electron chi connectivity index (χ1n) is 12.0. The summed E-state index contributed by atoms with van der Waals surface area (Å²) in [5.41, 5.74) is 10.9. The second-order valence-corrected chi connectivity index (χ2v) is 11.9. The lowest BCUT2D eigenvalue weighted by Crippen LogP contribution is -2.34. The average molecular weight is 636 g/mol. The number of hydrogen-bond donors (Lipinski definition) is 7. The first-order valence-corrected chi connectivity index (χ1v) is 15.1. The van der Waals surface area contributed by atoms with E-state index in [0.29, 0.717) is 0 Å². The van der Waals surface area contributed by atoms with Crippen molar-refractivity contribution in [2.24, 2.45) is 0 Å². The zero-order valence-corrected chi connectivity index (χ0v) is 23.0. The number of aliphatic hydroxyl groups excluding tert-OH is 2. The minimum Gasteiger partial charge on any atom is -0.387 e. The molecular formula is C19H26N8O13P2. The van der Waals surface area contributed by atoms with Crippen LogP contribution in [0.15, 0.2) is 29.7 Å². The number of anilines is 2. The SMILES string of the molecule is Nc1ccn([C@H]2CC(OP(=O)(O)OCC3OC(n4cnc5c(N)ncnc54)[C@H](O)[C@@H]3O)[C@@H](COP(=O)(O)O)O2)c(=O)n1. The Morgan fingerprint density at radius 3 is 2.45 bits per heavy atom. The number of nitrogens with zero attached hydrogens (tertiary/aromatic N) is 6. The van der Waals surface area contributed by atoms with E-state index in [-0.39, 0.29) is 29.2 Å². The van der Waals surface area contributed by atoms with Crippen LogP contribution in [0.5, 0.6) is 0 Å². The quantitative estimate of drug-likeness (QED) is 0.116. The average Bonchev–Trinajstić information content (AvgIpc) is 3.58. The minimum absolute atomic E-state index is 0.0704. The van der Waals surface area contributed by atoms with Crippen LogP contribution in [-0.4, -0.2) is 97.7 Å². The van der Waals surface area contributed by atoms with Gasteiger partial charge >= 0.3 is 21.3 Å². The van der Waals surface area contributed by atoms with E-state index in [9.17, 15) is 29.0 Å². The van der Waals surface area contributed by atoms with Gasteiger partial charge in [0.2, 0.25) is 0 Å². The fourth-order valence-electron chi connectivity index (χ4n) is 4.47. The van der Waals surface area contributed by atoms with Crippen LogP contribution < -0.4 is 17.2 Å². The third-order valence-electron chi connectivity index (χ3n) is 6.42.